The number of pyridine rings is 1. The lowest BCUT2D eigenvalue weighted by Crippen LogP contribution is -2.30. The third kappa shape index (κ3) is 1.49. The van der Waals surface area contributed by atoms with Crippen LogP contribution in [0.1, 0.15) is 24.8 Å². The van der Waals surface area contributed by atoms with Crippen LogP contribution in [0.5, 0.6) is 5.88 Å². The third-order valence-corrected chi connectivity index (χ3v) is 3.40. The molecular formula is C12H17N3O. The Morgan fingerprint density at radius 1 is 1.25 bits per heavy atom. The van der Waals surface area contributed by atoms with E-state index in [4.69, 9.17) is 10.5 Å². The minimum Gasteiger partial charge on any atom is -0.477 e. The number of fused-ring (bicyclic) bond motifs is 1. The standard InChI is InChI=1S/C12H17N3O/c13-10-8-14-12-9(4-7-16-12)11(10)15-5-2-1-3-6-15/h8H,1-7,13H2. The second kappa shape index (κ2) is 3.85. The van der Waals surface area contributed by atoms with Gasteiger partial charge in [-0.25, -0.2) is 4.98 Å². The number of hydrogen-bond acceptors (Lipinski definition) is 4. The molecule has 4 nitrogen and oxygen atoms in total. The molecule has 0 aliphatic carbocycles. The average Bonchev–Trinajstić information content (AvgIpc) is 2.78. The lowest BCUT2D eigenvalue weighted by atomic mass is 10.1. The Labute approximate surface area is 95.4 Å². The topological polar surface area (TPSA) is 51.4 Å². The molecule has 0 unspecified atom stereocenters. The van der Waals surface area contributed by atoms with Gasteiger partial charge in [-0.2, -0.15) is 0 Å². The first-order valence-corrected chi connectivity index (χ1v) is 6.01. The van der Waals surface area contributed by atoms with Crippen LogP contribution in [0, 0.1) is 0 Å². The number of nitrogen functional groups attached to an aromatic ring is 1. The van der Waals surface area contributed by atoms with Crippen molar-refractivity contribution in [3.05, 3.63) is 11.8 Å². The summed E-state index contributed by atoms with van der Waals surface area (Å²) in [5.41, 5.74) is 9.25. The van der Waals surface area contributed by atoms with Gasteiger partial charge in [-0.1, -0.05) is 0 Å². The fourth-order valence-corrected chi connectivity index (χ4v) is 2.63. The lowest BCUT2D eigenvalue weighted by molar-refractivity contribution is 0.345. The van der Waals surface area contributed by atoms with Crippen molar-refractivity contribution in [2.75, 3.05) is 30.3 Å². The molecule has 1 aromatic heterocycles. The van der Waals surface area contributed by atoms with Crippen LogP contribution >= 0.6 is 0 Å². The summed E-state index contributed by atoms with van der Waals surface area (Å²) in [4.78, 5) is 6.64. The highest BCUT2D eigenvalue weighted by atomic mass is 16.5. The van der Waals surface area contributed by atoms with Gasteiger partial charge in [0, 0.05) is 25.1 Å². The van der Waals surface area contributed by atoms with Gasteiger partial charge in [0.1, 0.15) is 0 Å². The molecule has 1 fully saturated rings. The second-order valence-corrected chi connectivity index (χ2v) is 4.49. The van der Waals surface area contributed by atoms with Gasteiger partial charge in [-0.15, -0.1) is 0 Å². The minimum atomic E-state index is 0.743. The quantitative estimate of drug-likeness (QED) is 0.779. The van der Waals surface area contributed by atoms with Gasteiger partial charge in [-0.3, -0.25) is 0 Å². The van der Waals surface area contributed by atoms with Crippen molar-refractivity contribution in [1.82, 2.24) is 4.98 Å². The molecule has 0 spiro atoms. The molecule has 2 N–H and O–H groups in total. The fraction of sp³-hybridized carbons (Fsp3) is 0.583. The van der Waals surface area contributed by atoms with Crippen molar-refractivity contribution in [2.45, 2.75) is 25.7 Å². The Hall–Kier alpha value is -1.45. The van der Waals surface area contributed by atoms with Crippen LogP contribution in [0.4, 0.5) is 11.4 Å². The normalized spacial score (nSPS) is 19.4. The van der Waals surface area contributed by atoms with Crippen molar-refractivity contribution in [3.8, 4) is 5.88 Å². The minimum absolute atomic E-state index is 0.743. The zero-order chi connectivity index (χ0) is 11.0. The molecule has 1 aromatic rings. The van der Waals surface area contributed by atoms with Crippen LogP contribution in [0.15, 0.2) is 6.20 Å². The average molecular weight is 219 g/mol. The summed E-state index contributed by atoms with van der Waals surface area (Å²) < 4.78 is 5.49. The summed E-state index contributed by atoms with van der Waals surface area (Å²) in [6.45, 7) is 2.97. The van der Waals surface area contributed by atoms with E-state index in [0.29, 0.717) is 0 Å². The van der Waals surface area contributed by atoms with E-state index in [-0.39, 0.29) is 0 Å². The number of nitrogens with two attached hydrogens (primary N) is 1. The maximum Gasteiger partial charge on any atom is 0.218 e. The van der Waals surface area contributed by atoms with Gasteiger partial charge in [0.25, 0.3) is 0 Å². The van der Waals surface area contributed by atoms with E-state index in [1.807, 2.05) is 0 Å². The van der Waals surface area contributed by atoms with E-state index < -0.39 is 0 Å². The molecular weight excluding hydrogens is 202 g/mol. The highest BCUT2D eigenvalue weighted by Crippen LogP contribution is 2.37. The molecule has 0 radical (unpaired) electrons. The zero-order valence-electron chi connectivity index (χ0n) is 9.41. The molecule has 16 heavy (non-hydrogen) atoms. The summed E-state index contributed by atoms with van der Waals surface area (Å²) in [5.74, 6) is 0.787. The Morgan fingerprint density at radius 2 is 2.06 bits per heavy atom. The van der Waals surface area contributed by atoms with Gasteiger partial charge in [0.15, 0.2) is 0 Å². The molecule has 3 heterocycles. The number of ether oxygens (including phenoxy) is 1. The second-order valence-electron chi connectivity index (χ2n) is 4.49. The zero-order valence-corrected chi connectivity index (χ0v) is 9.41. The first-order valence-electron chi connectivity index (χ1n) is 6.01. The van der Waals surface area contributed by atoms with E-state index in [1.54, 1.807) is 6.20 Å². The summed E-state index contributed by atoms with van der Waals surface area (Å²) in [5, 5.41) is 0. The smallest absolute Gasteiger partial charge is 0.218 e. The molecule has 3 rings (SSSR count). The predicted octanol–water partition coefficient (Wildman–Crippen LogP) is 1.59. The Morgan fingerprint density at radius 3 is 2.88 bits per heavy atom. The summed E-state index contributed by atoms with van der Waals surface area (Å²) in [7, 11) is 0. The van der Waals surface area contributed by atoms with Crippen LogP contribution in [0.2, 0.25) is 0 Å². The molecule has 1 saturated heterocycles. The van der Waals surface area contributed by atoms with Crippen molar-refractivity contribution in [2.24, 2.45) is 0 Å². The van der Waals surface area contributed by atoms with Crippen molar-refractivity contribution >= 4 is 11.4 Å². The number of anilines is 2. The molecule has 2 aliphatic rings. The fourth-order valence-electron chi connectivity index (χ4n) is 2.63. The summed E-state index contributed by atoms with van der Waals surface area (Å²) >= 11 is 0. The molecule has 0 amide bonds. The van der Waals surface area contributed by atoms with Crippen LogP contribution < -0.4 is 15.4 Å². The molecule has 0 atom stereocenters. The van der Waals surface area contributed by atoms with Gasteiger partial charge in [-0.05, 0) is 19.3 Å². The lowest BCUT2D eigenvalue weighted by Gasteiger charge is -2.31. The summed E-state index contributed by atoms with van der Waals surface area (Å²) in [6.07, 6.45) is 6.53. The van der Waals surface area contributed by atoms with Gasteiger partial charge in [0.2, 0.25) is 5.88 Å². The SMILES string of the molecule is Nc1cnc2c(c1N1CCCCC1)CCO2. The number of nitrogens with zero attached hydrogens (tertiary/aromatic N) is 2. The Balaban J connectivity index is 2.01. The number of hydrogen-bond donors (Lipinski definition) is 1. The molecule has 0 bridgehead atoms. The maximum absolute atomic E-state index is 6.06. The van der Waals surface area contributed by atoms with Crippen LogP contribution in [-0.2, 0) is 6.42 Å². The number of piperidine rings is 1. The third-order valence-electron chi connectivity index (χ3n) is 3.40. The number of aromatic nitrogens is 1. The van der Waals surface area contributed by atoms with Crippen LogP contribution in [-0.4, -0.2) is 24.7 Å². The Bertz CT molecular complexity index is 399. The molecule has 4 heteroatoms. The Kier molecular flexibility index (Phi) is 2.35. The highest BCUT2D eigenvalue weighted by molar-refractivity contribution is 5.73. The predicted molar refractivity (Wildman–Crippen MR) is 63.9 cm³/mol. The van der Waals surface area contributed by atoms with E-state index in [9.17, 15) is 0 Å². The number of rotatable bonds is 1. The summed E-state index contributed by atoms with van der Waals surface area (Å²) in [6, 6.07) is 0. The van der Waals surface area contributed by atoms with E-state index in [0.717, 1.165) is 37.7 Å². The van der Waals surface area contributed by atoms with E-state index in [1.165, 1.54) is 30.5 Å². The molecule has 0 aromatic carbocycles. The molecule has 0 saturated carbocycles. The molecule has 86 valence electrons. The van der Waals surface area contributed by atoms with Crippen molar-refractivity contribution in [1.29, 1.82) is 0 Å². The van der Waals surface area contributed by atoms with E-state index >= 15 is 0 Å². The maximum atomic E-state index is 6.06. The monoisotopic (exact) mass is 219 g/mol. The van der Waals surface area contributed by atoms with E-state index in [2.05, 4.69) is 9.88 Å². The highest BCUT2D eigenvalue weighted by Gasteiger charge is 2.24. The first kappa shape index (κ1) is 9.75. The van der Waals surface area contributed by atoms with Crippen LogP contribution in [0.3, 0.4) is 0 Å². The van der Waals surface area contributed by atoms with Gasteiger partial charge in [0.05, 0.1) is 24.2 Å². The van der Waals surface area contributed by atoms with Crippen molar-refractivity contribution < 1.29 is 4.74 Å². The van der Waals surface area contributed by atoms with Crippen molar-refractivity contribution in [3.63, 3.8) is 0 Å². The van der Waals surface area contributed by atoms with Gasteiger partial charge >= 0.3 is 0 Å². The largest absolute Gasteiger partial charge is 0.477 e. The van der Waals surface area contributed by atoms with Gasteiger partial charge < -0.3 is 15.4 Å². The first-order chi connectivity index (χ1) is 7.86. The molecule has 2 aliphatic heterocycles. The van der Waals surface area contributed by atoms with Crippen LogP contribution in [0.25, 0.3) is 0 Å².